The van der Waals surface area contributed by atoms with E-state index in [4.69, 9.17) is 15.2 Å². The lowest BCUT2D eigenvalue weighted by Crippen LogP contribution is -2.63. The number of fused-ring (bicyclic) bond motifs is 1. The number of aryl methyl sites for hydroxylation is 1. The molecule has 0 bridgehead atoms. The van der Waals surface area contributed by atoms with Gasteiger partial charge in [-0.05, 0) is 75.3 Å². The van der Waals surface area contributed by atoms with Crippen molar-refractivity contribution < 1.29 is 27.8 Å². The number of benzene rings is 2. The molecule has 0 unspecified atom stereocenters. The number of carbonyl (C=O) groups excluding carboxylic acids is 2. The van der Waals surface area contributed by atoms with Crippen LogP contribution in [-0.4, -0.2) is 42.7 Å². The van der Waals surface area contributed by atoms with Crippen LogP contribution in [0.15, 0.2) is 42.5 Å². The molecule has 1 fully saturated rings. The minimum Gasteiger partial charge on any atom is -0.444 e. The standard InChI is InChI=1S/C28H35F2N3O4/c1-27(2,3)37-26(35)33-14-8-11-21(28(33,31)20-9-6-5-7-10-20)15-19-16-22-18(12-13-24(34)32(22)4)17-23(19)36-25(29)30/h5-7,9-10,16-17,21,25H,8,11-15,31H2,1-4H3/t21-,28+/m0/s1. The van der Waals surface area contributed by atoms with Gasteiger partial charge in [-0.3, -0.25) is 9.69 Å². The first-order valence-electron chi connectivity index (χ1n) is 12.6. The van der Waals surface area contributed by atoms with Crippen molar-refractivity contribution in [3.63, 3.8) is 0 Å². The van der Waals surface area contributed by atoms with Gasteiger partial charge in [-0.2, -0.15) is 8.78 Å². The molecule has 2 heterocycles. The van der Waals surface area contributed by atoms with Gasteiger partial charge in [0.15, 0.2) is 0 Å². The Hall–Kier alpha value is -3.20. The summed E-state index contributed by atoms with van der Waals surface area (Å²) in [5.74, 6) is -0.299. The van der Waals surface area contributed by atoms with Crippen LogP contribution in [0.2, 0.25) is 0 Å². The molecule has 2 N–H and O–H groups in total. The maximum Gasteiger partial charge on any atom is 0.412 e. The van der Waals surface area contributed by atoms with Crippen LogP contribution in [0.3, 0.4) is 0 Å². The number of rotatable bonds is 5. The molecule has 0 spiro atoms. The van der Waals surface area contributed by atoms with Gasteiger partial charge in [0.2, 0.25) is 5.91 Å². The number of nitrogens with zero attached hydrogens (tertiary/aromatic N) is 2. The van der Waals surface area contributed by atoms with E-state index in [-0.39, 0.29) is 24.0 Å². The summed E-state index contributed by atoms with van der Waals surface area (Å²) in [6.07, 6.45) is 1.84. The summed E-state index contributed by atoms with van der Waals surface area (Å²) in [5, 5.41) is 0. The summed E-state index contributed by atoms with van der Waals surface area (Å²) in [6.45, 7) is 2.80. The van der Waals surface area contributed by atoms with E-state index >= 15 is 0 Å². The molecular formula is C28H35F2N3O4. The number of anilines is 1. The second-order valence-corrected chi connectivity index (χ2v) is 10.8. The average molecular weight is 516 g/mol. The van der Waals surface area contributed by atoms with E-state index in [1.54, 1.807) is 49.8 Å². The number of hydrogen-bond acceptors (Lipinski definition) is 5. The Morgan fingerprint density at radius 3 is 2.54 bits per heavy atom. The number of ether oxygens (including phenoxy) is 2. The number of hydrogen-bond donors (Lipinski definition) is 1. The van der Waals surface area contributed by atoms with E-state index in [9.17, 15) is 18.4 Å². The first kappa shape index (κ1) is 26.9. The Kier molecular flexibility index (Phi) is 7.46. The van der Waals surface area contributed by atoms with Gasteiger partial charge >= 0.3 is 12.7 Å². The van der Waals surface area contributed by atoms with Gasteiger partial charge in [-0.1, -0.05) is 30.3 Å². The number of amides is 2. The van der Waals surface area contributed by atoms with Crippen LogP contribution >= 0.6 is 0 Å². The minimum absolute atomic E-state index is 0.0350. The molecule has 0 aromatic heterocycles. The molecule has 0 saturated carbocycles. The number of carbonyl (C=O) groups is 2. The van der Waals surface area contributed by atoms with Crippen LogP contribution in [0.25, 0.3) is 0 Å². The highest BCUT2D eigenvalue weighted by atomic mass is 19.3. The second-order valence-electron chi connectivity index (χ2n) is 10.8. The SMILES string of the molecule is CN1C(=O)CCc2cc(OC(F)F)c(C[C@@H]3CCCN(C(=O)OC(C)(C)C)[C@]3(N)c3ccccc3)cc21. The van der Waals surface area contributed by atoms with Crippen LogP contribution in [0.4, 0.5) is 19.3 Å². The molecule has 200 valence electrons. The van der Waals surface area contributed by atoms with Crippen LogP contribution in [-0.2, 0) is 28.0 Å². The number of nitrogens with two attached hydrogens (primary N) is 1. The first-order valence-corrected chi connectivity index (χ1v) is 12.6. The summed E-state index contributed by atoms with van der Waals surface area (Å²) in [5.41, 5.74) is 7.89. The fraction of sp³-hybridized carbons (Fsp3) is 0.500. The van der Waals surface area contributed by atoms with Gasteiger partial charge in [0.25, 0.3) is 0 Å². The molecule has 0 radical (unpaired) electrons. The second kappa shape index (κ2) is 10.3. The Labute approximate surface area is 216 Å². The zero-order valence-corrected chi connectivity index (χ0v) is 21.8. The number of piperidine rings is 1. The fourth-order valence-electron chi connectivity index (χ4n) is 5.38. The average Bonchev–Trinajstić information content (AvgIpc) is 2.82. The Morgan fingerprint density at radius 1 is 1.19 bits per heavy atom. The minimum atomic E-state index is -3.00. The molecule has 9 heteroatoms. The molecular weight excluding hydrogens is 480 g/mol. The van der Waals surface area contributed by atoms with Crippen LogP contribution < -0.4 is 15.4 Å². The van der Waals surface area contributed by atoms with Crippen molar-refractivity contribution >= 4 is 17.7 Å². The lowest BCUT2D eigenvalue weighted by Gasteiger charge is -2.50. The quantitative estimate of drug-likeness (QED) is 0.592. The number of halogens is 2. The predicted octanol–water partition coefficient (Wildman–Crippen LogP) is 5.20. The van der Waals surface area contributed by atoms with Gasteiger partial charge in [0.1, 0.15) is 17.0 Å². The van der Waals surface area contributed by atoms with Crippen molar-refractivity contribution in [1.29, 1.82) is 0 Å². The largest absolute Gasteiger partial charge is 0.444 e. The van der Waals surface area contributed by atoms with Crippen molar-refractivity contribution in [2.45, 2.75) is 70.8 Å². The van der Waals surface area contributed by atoms with E-state index in [0.29, 0.717) is 43.5 Å². The van der Waals surface area contributed by atoms with Gasteiger partial charge in [0.05, 0.1) is 0 Å². The maximum absolute atomic E-state index is 13.4. The van der Waals surface area contributed by atoms with E-state index in [1.807, 2.05) is 30.3 Å². The highest BCUT2D eigenvalue weighted by Crippen LogP contribution is 2.43. The molecule has 2 aliphatic rings. The summed E-state index contributed by atoms with van der Waals surface area (Å²) in [7, 11) is 1.68. The third-order valence-electron chi connectivity index (χ3n) is 7.14. The highest BCUT2D eigenvalue weighted by Gasteiger charge is 2.48. The van der Waals surface area contributed by atoms with Crippen LogP contribution in [0, 0.1) is 5.92 Å². The highest BCUT2D eigenvalue weighted by molar-refractivity contribution is 5.96. The molecule has 2 aromatic carbocycles. The molecule has 2 amide bonds. The van der Waals surface area contributed by atoms with Crippen molar-refractivity contribution in [3.8, 4) is 5.75 Å². The van der Waals surface area contributed by atoms with Crippen molar-refractivity contribution in [2.24, 2.45) is 11.7 Å². The van der Waals surface area contributed by atoms with Crippen LogP contribution in [0.5, 0.6) is 5.75 Å². The van der Waals surface area contributed by atoms with E-state index in [0.717, 1.165) is 11.1 Å². The third kappa shape index (κ3) is 5.56. The Morgan fingerprint density at radius 2 is 1.89 bits per heavy atom. The van der Waals surface area contributed by atoms with Crippen molar-refractivity contribution in [2.75, 3.05) is 18.5 Å². The number of likely N-dealkylation sites (tertiary alicyclic amines) is 1. The molecule has 37 heavy (non-hydrogen) atoms. The van der Waals surface area contributed by atoms with Crippen LogP contribution in [0.1, 0.15) is 56.7 Å². The van der Waals surface area contributed by atoms with Gasteiger partial charge < -0.3 is 20.1 Å². The third-order valence-corrected chi connectivity index (χ3v) is 7.14. The van der Waals surface area contributed by atoms with E-state index < -0.39 is 24.0 Å². The molecule has 2 atom stereocenters. The fourth-order valence-corrected chi connectivity index (χ4v) is 5.38. The van der Waals surface area contributed by atoms with Gasteiger partial charge in [0, 0.05) is 31.6 Å². The summed E-state index contributed by atoms with van der Waals surface area (Å²) in [4.78, 5) is 28.8. The normalized spacial score (nSPS) is 22.2. The zero-order chi connectivity index (χ0) is 27.0. The summed E-state index contributed by atoms with van der Waals surface area (Å²) < 4.78 is 37.5. The van der Waals surface area contributed by atoms with Gasteiger partial charge in [-0.15, -0.1) is 0 Å². The van der Waals surface area contributed by atoms with E-state index in [2.05, 4.69) is 0 Å². The maximum atomic E-state index is 13.4. The molecule has 7 nitrogen and oxygen atoms in total. The lowest BCUT2D eigenvalue weighted by atomic mass is 9.75. The number of alkyl halides is 2. The molecule has 2 aliphatic heterocycles. The zero-order valence-electron chi connectivity index (χ0n) is 21.8. The first-order chi connectivity index (χ1) is 17.4. The van der Waals surface area contributed by atoms with Crippen molar-refractivity contribution in [1.82, 2.24) is 4.90 Å². The Balaban J connectivity index is 1.78. The smallest absolute Gasteiger partial charge is 0.412 e. The summed E-state index contributed by atoms with van der Waals surface area (Å²) >= 11 is 0. The van der Waals surface area contributed by atoms with Crippen molar-refractivity contribution in [3.05, 3.63) is 59.2 Å². The lowest BCUT2D eigenvalue weighted by molar-refractivity contribution is -0.118. The molecule has 2 aromatic rings. The van der Waals surface area contributed by atoms with Gasteiger partial charge in [-0.25, -0.2) is 4.79 Å². The monoisotopic (exact) mass is 515 g/mol. The van der Waals surface area contributed by atoms with E-state index in [1.165, 1.54) is 0 Å². The molecule has 0 aliphatic carbocycles. The molecule has 1 saturated heterocycles. The summed E-state index contributed by atoms with van der Waals surface area (Å²) in [6, 6.07) is 12.7. The molecule has 4 rings (SSSR count). The predicted molar refractivity (Wildman–Crippen MR) is 136 cm³/mol. The Bertz CT molecular complexity index is 1150. The topological polar surface area (TPSA) is 85.1 Å².